The van der Waals surface area contributed by atoms with Gasteiger partial charge in [0.2, 0.25) is 5.91 Å². The lowest BCUT2D eigenvalue weighted by atomic mass is 10.1. The van der Waals surface area contributed by atoms with Gasteiger partial charge in [0.25, 0.3) is 0 Å². The van der Waals surface area contributed by atoms with Crippen LogP contribution >= 0.6 is 11.8 Å². The van der Waals surface area contributed by atoms with E-state index >= 15 is 0 Å². The molecular formula is C12H15NO2S. The molecule has 3 nitrogen and oxygen atoms in total. The first kappa shape index (κ1) is 12.6. The fourth-order valence-electron chi connectivity index (χ4n) is 1.18. The topological polar surface area (TPSA) is 49.3 Å². The summed E-state index contributed by atoms with van der Waals surface area (Å²) in [4.78, 5) is 11.2. The molecule has 1 amide bonds. The second-order valence-corrected chi connectivity index (χ2v) is 3.99. The standard InChI is InChI=1S/C12H15NO2S/c1-16-9-7-12(15)13-8-6-10-2-4-11(14)5-3-10/h2-5,7,9,14H,6,8H2,1H3,(H,13,15)/b9-7+. The van der Waals surface area contributed by atoms with Gasteiger partial charge in [-0.3, -0.25) is 4.79 Å². The summed E-state index contributed by atoms with van der Waals surface area (Å²) in [6, 6.07) is 6.98. The van der Waals surface area contributed by atoms with Crippen molar-refractivity contribution in [2.45, 2.75) is 6.42 Å². The SMILES string of the molecule is CS/C=C/C(=O)NCCc1ccc(O)cc1. The van der Waals surface area contributed by atoms with E-state index in [0.717, 1.165) is 12.0 Å². The van der Waals surface area contributed by atoms with Crippen LogP contribution in [0.2, 0.25) is 0 Å². The lowest BCUT2D eigenvalue weighted by Gasteiger charge is -2.02. The number of hydrogen-bond acceptors (Lipinski definition) is 3. The number of carbonyl (C=O) groups excluding carboxylic acids is 1. The van der Waals surface area contributed by atoms with E-state index < -0.39 is 0 Å². The number of phenolic OH excluding ortho intramolecular Hbond substituents is 1. The summed E-state index contributed by atoms with van der Waals surface area (Å²) in [6.07, 6.45) is 4.18. The molecular weight excluding hydrogens is 222 g/mol. The molecule has 0 saturated carbocycles. The van der Waals surface area contributed by atoms with Gasteiger partial charge in [-0.15, -0.1) is 11.8 Å². The van der Waals surface area contributed by atoms with E-state index in [0.29, 0.717) is 6.54 Å². The molecule has 0 aromatic heterocycles. The van der Waals surface area contributed by atoms with Crippen LogP contribution in [0.25, 0.3) is 0 Å². The normalized spacial score (nSPS) is 10.6. The molecule has 4 heteroatoms. The van der Waals surface area contributed by atoms with Crippen molar-refractivity contribution in [2.24, 2.45) is 0 Å². The molecule has 0 aliphatic heterocycles. The number of aromatic hydroxyl groups is 1. The fraction of sp³-hybridized carbons (Fsp3) is 0.250. The Kier molecular flexibility index (Phi) is 5.50. The van der Waals surface area contributed by atoms with Crippen LogP contribution in [0.3, 0.4) is 0 Å². The van der Waals surface area contributed by atoms with Crippen molar-refractivity contribution in [3.05, 3.63) is 41.3 Å². The maximum atomic E-state index is 11.2. The molecule has 86 valence electrons. The van der Waals surface area contributed by atoms with E-state index in [-0.39, 0.29) is 11.7 Å². The summed E-state index contributed by atoms with van der Waals surface area (Å²) in [5, 5.41) is 13.6. The summed E-state index contributed by atoms with van der Waals surface area (Å²) in [5.41, 5.74) is 1.09. The van der Waals surface area contributed by atoms with Gasteiger partial charge in [-0.25, -0.2) is 0 Å². The summed E-state index contributed by atoms with van der Waals surface area (Å²) >= 11 is 1.49. The molecule has 1 aromatic carbocycles. The van der Waals surface area contributed by atoms with Crippen LogP contribution in [-0.4, -0.2) is 23.8 Å². The molecule has 0 aliphatic rings. The molecule has 1 rings (SSSR count). The second kappa shape index (κ2) is 6.95. The van der Waals surface area contributed by atoms with Crippen LogP contribution in [0.5, 0.6) is 5.75 Å². The Morgan fingerprint density at radius 1 is 1.44 bits per heavy atom. The van der Waals surface area contributed by atoms with Crippen LogP contribution in [0, 0.1) is 0 Å². The Morgan fingerprint density at radius 2 is 2.12 bits per heavy atom. The number of rotatable bonds is 5. The van der Waals surface area contributed by atoms with Crippen molar-refractivity contribution < 1.29 is 9.90 Å². The van der Waals surface area contributed by atoms with E-state index in [1.165, 1.54) is 17.8 Å². The quantitative estimate of drug-likeness (QED) is 0.769. The third-order valence-corrected chi connectivity index (χ3v) is 2.41. The van der Waals surface area contributed by atoms with Crippen molar-refractivity contribution in [3.63, 3.8) is 0 Å². The van der Waals surface area contributed by atoms with Gasteiger partial charge in [-0.2, -0.15) is 0 Å². The molecule has 1 aromatic rings. The molecule has 2 N–H and O–H groups in total. The molecule has 0 atom stereocenters. The zero-order valence-corrected chi connectivity index (χ0v) is 9.96. The predicted molar refractivity (Wildman–Crippen MR) is 67.5 cm³/mol. The van der Waals surface area contributed by atoms with E-state index in [4.69, 9.17) is 5.11 Å². The van der Waals surface area contributed by atoms with Crippen molar-refractivity contribution in [2.75, 3.05) is 12.8 Å². The van der Waals surface area contributed by atoms with E-state index in [9.17, 15) is 4.79 Å². The first-order valence-corrected chi connectivity index (χ1v) is 6.26. The number of hydrogen-bond donors (Lipinski definition) is 2. The van der Waals surface area contributed by atoms with Gasteiger partial charge < -0.3 is 10.4 Å². The van der Waals surface area contributed by atoms with Crippen LogP contribution in [0.1, 0.15) is 5.56 Å². The minimum Gasteiger partial charge on any atom is -0.508 e. The largest absolute Gasteiger partial charge is 0.508 e. The van der Waals surface area contributed by atoms with Crippen molar-refractivity contribution >= 4 is 17.7 Å². The average Bonchev–Trinajstić information content (AvgIpc) is 2.29. The molecule has 0 bridgehead atoms. The van der Waals surface area contributed by atoms with E-state index in [2.05, 4.69) is 5.32 Å². The van der Waals surface area contributed by atoms with Gasteiger partial charge in [0.1, 0.15) is 5.75 Å². The first-order chi connectivity index (χ1) is 7.72. The molecule has 0 radical (unpaired) electrons. The second-order valence-electron chi connectivity index (χ2n) is 3.25. The third kappa shape index (κ3) is 4.89. The highest BCUT2D eigenvalue weighted by molar-refractivity contribution is 8.01. The van der Waals surface area contributed by atoms with Crippen LogP contribution in [0.15, 0.2) is 35.7 Å². The number of thioether (sulfide) groups is 1. The van der Waals surface area contributed by atoms with Crippen molar-refractivity contribution in [1.29, 1.82) is 0 Å². The minimum absolute atomic E-state index is 0.0758. The third-order valence-electron chi connectivity index (χ3n) is 2.00. The molecule has 0 spiro atoms. The lowest BCUT2D eigenvalue weighted by molar-refractivity contribution is -0.116. The van der Waals surface area contributed by atoms with Crippen molar-refractivity contribution in [3.8, 4) is 5.75 Å². The van der Waals surface area contributed by atoms with Gasteiger partial charge in [-0.05, 0) is 35.8 Å². The summed E-state index contributed by atoms with van der Waals surface area (Å²) in [6.45, 7) is 0.600. The molecule has 0 aliphatic carbocycles. The molecule has 0 saturated heterocycles. The monoisotopic (exact) mass is 237 g/mol. The van der Waals surface area contributed by atoms with Crippen LogP contribution in [-0.2, 0) is 11.2 Å². The van der Waals surface area contributed by atoms with E-state index in [1.807, 2.05) is 18.4 Å². The highest BCUT2D eigenvalue weighted by Gasteiger charge is 1.96. The summed E-state index contributed by atoms with van der Waals surface area (Å²) < 4.78 is 0. The van der Waals surface area contributed by atoms with Gasteiger partial charge >= 0.3 is 0 Å². The Morgan fingerprint density at radius 3 is 2.75 bits per heavy atom. The Balaban J connectivity index is 2.28. The van der Waals surface area contributed by atoms with Crippen LogP contribution < -0.4 is 5.32 Å². The lowest BCUT2D eigenvalue weighted by Crippen LogP contribution is -2.23. The molecule has 0 heterocycles. The Bertz CT molecular complexity index is 360. The molecule has 16 heavy (non-hydrogen) atoms. The smallest absolute Gasteiger partial charge is 0.244 e. The molecule has 0 unspecified atom stereocenters. The molecule has 0 fully saturated rings. The average molecular weight is 237 g/mol. The van der Waals surface area contributed by atoms with Gasteiger partial charge in [-0.1, -0.05) is 12.1 Å². The van der Waals surface area contributed by atoms with Gasteiger partial charge in [0.15, 0.2) is 0 Å². The van der Waals surface area contributed by atoms with Crippen LogP contribution in [0.4, 0.5) is 0 Å². The maximum Gasteiger partial charge on any atom is 0.244 e. The number of amides is 1. The number of phenols is 1. The fourth-order valence-corrected chi connectivity index (χ4v) is 1.44. The van der Waals surface area contributed by atoms with Crippen molar-refractivity contribution in [1.82, 2.24) is 5.32 Å². The number of carbonyl (C=O) groups is 1. The number of benzene rings is 1. The zero-order chi connectivity index (χ0) is 11.8. The Labute approximate surface area is 99.6 Å². The highest BCUT2D eigenvalue weighted by Crippen LogP contribution is 2.09. The summed E-state index contributed by atoms with van der Waals surface area (Å²) in [5.74, 6) is 0.184. The minimum atomic E-state index is -0.0758. The maximum absolute atomic E-state index is 11.2. The highest BCUT2D eigenvalue weighted by atomic mass is 32.2. The first-order valence-electron chi connectivity index (χ1n) is 4.97. The predicted octanol–water partition coefficient (Wildman–Crippen LogP) is 1.93. The Hall–Kier alpha value is -1.42. The number of nitrogens with one attached hydrogen (secondary N) is 1. The zero-order valence-electron chi connectivity index (χ0n) is 9.14. The van der Waals surface area contributed by atoms with Gasteiger partial charge in [0, 0.05) is 12.6 Å². The summed E-state index contributed by atoms with van der Waals surface area (Å²) in [7, 11) is 0. The van der Waals surface area contributed by atoms with Gasteiger partial charge in [0.05, 0.1) is 0 Å². The van der Waals surface area contributed by atoms with E-state index in [1.54, 1.807) is 17.5 Å².